The minimum absolute atomic E-state index is 0.330. The van der Waals surface area contributed by atoms with Crippen LogP contribution in [0.5, 0.6) is 0 Å². The van der Waals surface area contributed by atoms with E-state index in [9.17, 15) is 14.0 Å². The number of amides is 1. The summed E-state index contributed by atoms with van der Waals surface area (Å²) in [6, 6.07) is 10.6. The highest BCUT2D eigenvalue weighted by atomic mass is 19.1. The molecule has 0 saturated carbocycles. The lowest BCUT2D eigenvalue weighted by atomic mass is 10.2. The van der Waals surface area contributed by atoms with Gasteiger partial charge >= 0.3 is 5.76 Å². The van der Waals surface area contributed by atoms with Crippen molar-refractivity contribution in [1.29, 1.82) is 0 Å². The van der Waals surface area contributed by atoms with Gasteiger partial charge in [0.2, 0.25) is 5.91 Å². The Hall–Kier alpha value is -3.15. The van der Waals surface area contributed by atoms with Crippen molar-refractivity contribution < 1.29 is 13.6 Å². The number of oxazole rings is 1. The number of hydrogen-bond acceptors (Lipinski definition) is 3. The molecule has 0 aliphatic heterocycles. The SMILES string of the molecule is O=C(/C=C/c1ccc(F)cc1)Nc1ccc2oc(=O)[nH]c2c1. The number of carbonyl (C=O) groups is 1. The second kappa shape index (κ2) is 5.69. The Balaban J connectivity index is 1.72. The Bertz CT molecular complexity index is 907. The zero-order valence-electron chi connectivity index (χ0n) is 11.3. The fourth-order valence-corrected chi connectivity index (χ4v) is 1.96. The molecule has 5 nitrogen and oxygen atoms in total. The predicted octanol–water partition coefficient (Wildman–Crippen LogP) is 2.91. The van der Waals surface area contributed by atoms with E-state index in [1.807, 2.05) is 0 Å². The van der Waals surface area contributed by atoms with E-state index in [1.165, 1.54) is 18.2 Å². The van der Waals surface area contributed by atoms with E-state index >= 15 is 0 Å². The highest BCUT2D eigenvalue weighted by molar-refractivity contribution is 6.02. The summed E-state index contributed by atoms with van der Waals surface area (Å²) in [7, 11) is 0. The number of halogens is 1. The zero-order valence-corrected chi connectivity index (χ0v) is 11.3. The van der Waals surface area contributed by atoms with Crippen LogP contribution in [0.4, 0.5) is 10.1 Å². The summed E-state index contributed by atoms with van der Waals surface area (Å²) in [6.07, 6.45) is 2.92. The summed E-state index contributed by atoms with van der Waals surface area (Å²) in [4.78, 5) is 25.4. The van der Waals surface area contributed by atoms with Gasteiger partial charge in [-0.05, 0) is 42.0 Å². The number of nitrogens with one attached hydrogen (secondary N) is 2. The molecular weight excluding hydrogens is 287 g/mol. The van der Waals surface area contributed by atoms with Gasteiger partial charge in [0.15, 0.2) is 5.58 Å². The lowest BCUT2D eigenvalue weighted by Crippen LogP contribution is -2.07. The fourth-order valence-electron chi connectivity index (χ4n) is 1.96. The molecule has 0 saturated heterocycles. The van der Waals surface area contributed by atoms with Gasteiger partial charge in [-0.1, -0.05) is 12.1 Å². The number of rotatable bonds is 3. The van der Waals surface area contributed by atoms with Gasteiger partial charge in [-0.25, -0.2) is 9.18 Å². The third-order valence-corrected chi connectivity index (χ3v) is 2.98. The number of fused-ring (bicyclic) bond motifs is 1. The highest BCUT2D eigenvalue weighted by Crippen LogP contribution is 2.16. The van der Waals surface area contributed by atoms with Crippen molar-refractivity contribution in [2.45, 2.75) is 0 Å². The largest absolute Gasteiger partial charge is 0.417 e. The Morgan fingerprint density at radius 3 is 2.73 bits per heavy atom. The molecular formula is C16H11FN2O3. The first-order valence-electron chi connectivity index (χ1n) is 6.48. The molecule has 3 rings (SSSR count). The molecule has 0 atom stereocenters. The molecule has 1 aromatic heterocycles. The van der Waals surface area contributed by atoms with Gasteiger partial charge in [-0.2, -0.15) is 0 Å². The van der Waals surface area contributed by atoms with Crippen molar-refractivity contribution in [3.63, 3.8) is 0 Å². The molecule has 0 spiro atoms. The van der Waals surface area contributed by atoms with Crippen molar-refractivity contribution in [2.75, 3.05) is 5.32 Å². The topological polar surface area (TPSA) is 75.1 Å². The molecule has 0 aliphatic carbocycles. The standard InChI is InChI=1S/C16H11FN2O3/c17-11-4-1-10(2-5-11)3-8-15(20)18-12-6-7-14-13(9-12)19-16(21)22-14/h1-9H,(H,18,20)(H,19,21)/b8-3+. The average molecular weight is 298 g/mol. The maximum Gasteiger partial charge on any atom is 0.417 e. The molecule has 3 aromatic rings. The van der Waals surface area contributed by atoms with E-state index in [2.05, 4.69) is 10.3 Å². The van der Waals surface area contributed by atoms with Crippen molar-refractivity contribution >= 4 is 28.8 Å². The molecule has 0 unspecified atom stereocenters. The lowest BCUT2D eigenvalue weighted by Gasteiger charge is -2.01. The number of benzene rings is 2. The Morgan fingerprint density at radius 2 is 1.95 bits per heavy atom. The molecule has 2 aromatic carbocycles. The zero-order chi connectivity index (χ0) is 15.5. The van der Waals surface area contributed by atoms with Gasteiger partial charge in [-0.15, -0.1) is 0 Å². The summed E-state index contributed by atoms with van der Waals surface area (Å²) < 4.78 is 17.6. The van der Waals surface area contributed by atoms with E-state index in [0.717, 1.165) is 0 Å². The summed E-state index contributed by atoms with van der Waals surface area (Å²) in [5, 5.41) is 2.66. The minimum Gasteiger partial charge on any atom is -0.408 e. The van der Waals surface area contributed by atoms with Crippen LogP contribution < -0.4 is 11.1 Å². The quantitative estimate of drug-likeness (QED) is 0.730. The van der Waals surface area contributed by atoms with Crippen LogP contribution in [0.15, 0.2) is 57.8 Å². The fraction of sp³-hybridized carbons (Fsp3) is 0. The number of aromatic amines is 1. The first kappa shape index (κ1) is 13.8. The number of anilines is 1. The van der Waals surface area contributed by atoms with Crippen LogP contribution in [0.1, 0.15) is 5.56 Å². The van der Waals surface area contributed by atoms with Crippen molar-refractivity contribution in [2.24, 2.45) is 0 Å². The second-order valence-corrected chi connectivity index (χ2v) is 4.60. The van der Waals surface area contributed by atoms with E-state index in [1.54, 1.807) is 36.4 Å². The molecule has 0 bridgehead atoms. The van der Waals surface area contributed by atoms with Gasteiger partial charge in [0, 0.05) is 11.8 Å². The molecule has 6 heteroatoms. The third-order valence-electron chi connectivity index (χ3n) is 2.98. The van der Waals surface area contributed by atoms with Crippen LogP contribution in [-0.4, -0.2) is 10.9 Å². The van der Waals surface area contributed by atoms with Crippen LogP contribution in [0, 0.1) is 5.82 Å². The number of hydrogen-bond donors (Lipinski definition) is 2. The third kappa shape index (κ3) is 3.12. The van der Waals surface area contributed by atoms with Gasteiger partial charge < -0.3 is 9.73 Å². The van der Waals surface area contributed by atoms with Crippen LogP contribution in [-0.2, 0) is 4.79 Å². The molecule has 2 N–H and O–H groups in total. The highest BCUT2D eigenvalue weighted by Gasteiger charge is 2.03. The van der Waals surface area contributed by atoms with Gasteiger partial charge in [0.05, 0.1) is 5.52 Å². The molecule has 1 heterocycles. The van der Waals surface area contributed by atoms with Crippen LogP contribution in [0.25, 0.3) is 17.2 Å². The van der Waals surface area contributed by atoms with Crippen molar-refractivity contribution in [3.8, 4) is 0 Å². The molecule has 110 valence electrons. The normalized spacial score (nSPS) is 11.1. The lowest BCUT2D eigenvalue weighted by molar-refractivity contribution is -0.111. The number of aromatic nitrogens is 1. The summed E-state index contributed by atoms with van der Waals surface area (Å²) >= 11 is 0. The Morgan fingerprint density at radius 1 is 1.18 bits per heavy atom. The Kier molecular flexibility index (Phi) is 3.57. The smallest absolute Gasteiger partial charge is 0.408 e. The molecule has 22 heavy (non-hydrogen) atoms. The monoisotopic (exact) mass is 298 g/mol. The van der Waals surface area contributed by atoms with E-state index in [-0.39, 0.29) is 11.7 Å². The number of carbonyl (C=O) groups excluding carboxylic acids is 1. The minimum atomic E-state index is -0.547. The van der Waals surface area contributed by atoms with Gasteiger partial charge in [-0.3, -0.25) is 9.78 Å². The first-order chi connectivity index (χ1) is 10.6. The molecule has 0 radical (unpaired) electrons. The van der Waals surface area contributed by atoms with Gasteiger partial charge in [0.1, 0.15) is 5.82 Å². The molecule has 1 amide bonds. The van der Waals surface area contributed by atoms with Gasteiger partial charge in [0.25, 0.3) is 0 Å². The van der Waals surface area contributed by atoms with Crippen molar-refractivity contribution in [3.05, 3.63) is 70.5 Å². The predicted molar refractivity (Wildman–Crippen MR) is 80.9 cm³/mol. The first-order valence-corrected chi connectivity index (χ1v) is 6.48. The second-order valence-electron chi connectivity index (χ2n) is 4.60. The van der Waals surface area contributed by atoms with Crippen LogP contribution in [0.3, 0.4) is 0 Å². The van der Waals surface area contributed by atoms with Crippen LogP contribution in [0.2, 0.25) is 0 Å². The molecule has 0 fully saturated rings. The number of H-pyrrole nitrogens is 1. The van der Waals surface area contributed by atoms with Crippen molar-refractivity contribution in [1.82, 2.24) is 4.98 Å². The Labute approximate surface area is 124 Å². The maximum atomic E-state index is 12.8. The van der Waals surface area contributed by atoms with Crippen LogP contribution >= 0.6 is 0 Å². The van der Waals surface area contributed by atoms with E-state index in [0.29, 0.717) is 22.4 Å². The average Bonchev–Trinajstić information content (AvgIpc) is 2.86. The van der Waals surface area contributed by atoms with E-state index in [4.69, 9.17) is 4.42 Å². The summed E-state index contributed by atoms with van der Waals surface area (Å²) in [5.74, 6) is -1.21. The summed E-state index contributed by atoms with van der Waals surface area (Å²) in [6.45, 7) is 0. The molecule has 0 aliphatic rings. The maximum absolute atomic E-state index is 12.8. The summed E-state index contributed by atoms with van der Waals surface area (Å²) in [5.41, 5.74) is 2.17. The van der Waals surface area contributed by atoms with E-state index < -0.39 is 5.76 Å².